The van der Waals surface area contributed by atoms with Gasteiger partial charge >= 0.3 is 0 Å². The minimum absolute atomic E-state index is 0.0849. The maximum Gasteiger partial charge on any atom is 0.276 e. The second-order valence-corrected chi connectivity index (χ2v) is 3.25. The molecule has 1 atom stereocenters. The Balaban J connectivity index is 2.00. The Morgan fingerprint density at radius 2 is 2.64 bits per heavy atom. The van der Waals surface area contributed by atoms with Crippen LogP contribution >= 0.6 is 0 Å². The zero-order chi connectivity index (χ0) is 9.97. The lowest BCUT2D eigenvalue weighted by molar-refractivity contribution is 0.0719. The minimum Gasteiger partial charge on any atom is -0.380 e. The molecule has 1 aliphatic heterocycles. The number of carbonyl (C=O) groups excluding carboxylic acids is 1. The molecule has 1 amide bonds. The van der Waals surface area contributed by atoms with Crippen LogP contribution in [0.4, 0.5) is 0 Å². The number of methoxy groups -OCH3 is 1. The van der Waals surface area contributed by atoms with Crippen molar-refractivity contribution >= 4 is 5.91 Å². The van der Waals surface area contributed by atoms with Crippen molar-refractivity contribution in [1.82, 2.24) is 20.3 Å². The maximum atomic E-state index is 11.7. The van der Waals surface area contributed by atoms with E-state index < -0.39 is 0 Å². The smallest absolute Gasteiger partial charge is 0.276 e. The molecule has 6 heteroatoms. The lowest BCUT2D eigenvalue weighted by Crippen LogP contribution is -2.30. The molecule has 0 spiro atoms. The Hall–Kier alpha value is -1.43. The molecule has 1 saturated heterocycles. The number of nitrogens with zero attached hydrogens (tertiary/aromatic N) is 3. The Morgan fingerprint density at radius 1 is 1.79 bits per heavy atom. The normalized spacial score (nSPS) is 21.5. The molecule has 1 aromatic heterocycles. The molecule has 76 valence electrons. The van der Waals surface area contributed by atoms with E-state index in [0.717, 1.165) is 13.0 Å². The topological polar surface area (TPSA) is 71.1 Å². The molecule has 0 aliphatic carbocycles. The summed E-state index contributed by atoms with van der Waals surface area (Å²) < 4.78 is 5.17. The first kappa shape index (κ1) is 9.14. The number of ether oxygens (including phenoxy) is 1. The summed E-state index contributed by atoms with van der Waals surface area (Å²) >= 11 is 0. The predicted molar refractivity (Wildman–Crippen MR) is 47.7 cm³/mol. The van der Waals surface area contributed by atoms with Crippen molar-refractivity contribution in [2.24, 2.45) is 0 Å². The molecule has 2 rings (SSSR count). The fourth-order valence-corrected chi connectivity index (χ4v) is 1.57. The number of aromatic nitrogens is 3. The number of hydrogen-bond acceptors (Lipinski definition) is 4. The number of amides is 1. The van der Waals surface area contributed by atoms with Crippen molar-refractivity contribution in [1.29, 1.82) is 0 Å². The Morgan fingerprint density at radius 3 is 3.21 bits per heavy atom. The number of likely N-dealkylation sites (tertiary alicyclic amines) is 1. The molecule has 0 bridgehead atoms. The summed E-state index contributed by atoms with van der Waals surface area (Å²) in [7, 11) is 1.66. The minimum atomic E-state index is -0.0849. The van der Waals surface area contributed by atoms with E-state index >= 15 is 0 Å². The van der Waals surface area contributed by atoms with Gasteiger partial charge in [0, 0.05) is 20.2 Å². The third kappa shape index (κ3) is 1.60. The van der Waals surface area contributed by atoms with E-state index in [2.05, 4.69) is 15.4 Å². The number of hydrogen-bond donors (Lipinski definition) is 1. The largest absolute Gasteiger partial charge is 0.380 e. The Kier molecular flexibility index (Phi) is 2.45. The quantitative estimate of drug-likeness (QED) is 0.702. The third-order valence-electron chi connectivity index (χ3n) is 2.40. The average Bonchev–Trinajstić information content (AvgIpc) is 2.88. The van der Waals surface area contributed by atoms with Gasteiger partial charge in [-0.25, -0.2) is 0 Å². The van der Waals surface area contributed by atoms with Crippen molar-refractivity contribution in [3.05, 3.63) is 11.9 Å². The lowest BCUT2D eigenvalue weighted by atomic mass is 10.3. The molecule has 0 saturated carbocycles. The Bertz CT molecular complexity index is 311. The fraction of sp³-hybridized carbons (Fsp3) is 0.625. The standard InChI is InChI=1S/C8H12N4O2/c1-14-6-2-3-12(5-6)8(13)7-4-9-11-10-7/h4,6H,2-3,5H2,1H3,(H,9,10,11). The van der Waals surface area contributed by atoms with Crippen LogP contribution in [-0.4, -0.2) is 52.5 Å². The summed E-state index contributed by atoms with van der Waals surface area (Å²) in [6.07, 6.45) is 2.48. The summed E-state index contributed by atoms with van der Waals surface area (Å²) in [6.45, 7) is 1.37. The predicted octanol–water partition coefficient (Wildman–Crippen LogP) is -0.334. The highest BCUT2D eigenvalue weighted by atomic mass is 16.5. The first-order valence-corrected chi connectivity index (χ1v) is 4.49. The SMILES string of the molecule is COC1CCN(C(=O)c2cn[nH]n2)C1. The van der Waals surface area contributed by atoms with Crippen LogP contribution in [0.1, 0.15) is 16.9 Å². The van der Waals surface area contributed by atoms with Gasteiger partial charge in [0.2, 0.25) is 0 Å². The van der Waals surface area contributed by atoms with Gasteiger partial charge in [0.15, 0.2) is 5.69 Å². The highest BCUT2D eigenvalue weighted by Gasteiger charge is 2.27. The Labute approximate surface area is 81.2 Å². The van der Waals surface area contributed by atoms with E-state index in [1.165, 1.54) is 6.20 Å². The van der Waals surface area contributed by atoms with Gasteiger partial charge in [-0.1, -0.05) is 0 Å². The van der Waals surface area contributed by atoms with Crippen molar-refractivity contribution in [2.45, 2.75) is 12.5 Å². The maximum absolute atomic E-state index is 11.7. The molecule has 14 heavy (non-hydrogen) atoms. The molecule has 0 radical (unpaired) electrons. The van der Waals surface area contributed by atoms with Gasteiger partial charge in [-0.3, -0.25) is 4.79 Å². The van der Waals surface area contributed by atoms with Crippen molar-refractivity contribution in [3.8, 4) is 0 Å². The molecule has 0 aromatic carbocycles. The van der Waals surface area contributed by atoms with Gasteiger partial charge in [0.05, 0.1) is 12.3 Å². The van der Waals surface area contributed by atoms with Crippen LogP contribution in [0.15, 0.2) is 6.20 Å². The van der Waals surface area contributed by atoms with Crippen LogP contribution in [0.2, 0.25) is 0 Å². The van der Waals surface area contributed by atoms with Crippen LogP contribution < -0.4 is 0 Å². The first-order chi connectivity index (χ1) is 6.81. The molecule has 6 nitrogen and oxygen atoms in total. The summed E-state index contributed by atoms with van der Waals surface area (Å²) in [4.78, 5) is 13.4. The molecular formula is C8H12N4O2. The molecule has 1 fully saturated rings. The van der Waals surface area contributed by atoms with E-state index in [-0.39, 0.29) is 12.0 Å². The number of nitrogens with one attached hydrogen (secondary N) is 1. The lowest BCUT2D eigenvalue weighted by Gasteiger charge is -2.13. The number of rotatable bonds is 2. The van der Waals surface area contributed by atoms with Crippen LogP contribution in [0.3, 0.4) is 0 Å². The summed E-state index contributed by atoms with van der Waals surface area (Å²) in [5.74, 6) is -0.0849. The number of H-pyrrole nitrogens is 1. The molecule has 2 heterocycles. The second-order valence-electron chi connectivity index (χ2n) is 3.25. The highest BCUT2D eigenvalue weighted by molar-refractivity contribution is 5.92. The fourth-order valence-electron chi connectivity index (χ4n) is 1.57. The van der Waals surface area contributed by atoms with Crippen molar-refractivity contribution in [2.75, 3.05) is 20.2 Å². The summed E-state index contributed by atoms with van der Waals surface area (Å²) in [6, 6.07) is 0. The molecule has 1 unspecified atom stereocenters. The average molecular weight is 196 g/mol. The second kappa shape index (κ2) is 3.75. The molecule has 1 aromatic rings. The van der Waals surface area contributed by atoms with E-state index in [1.54, 1.807) is 12.0 Å². The van der Waals surface area contributed by atoms with E-state index in [0.29, 0.717) is 12.2 Å². The van der Waals surface area contributed by atoms with Gasteiger partial charge in [-0.15, -0.1) is 0 Å². The van der Waals surface area contributed by atoms with Crippen LogP contribution in [0.25, 0.3) is 0 Å². The van der Waals surface area contributed by atoms with Gasteiger partial charge in [0.25, 0.3) is 5.91 Å². The van der Waals surface area contributed by atoms with Crippen molar-refractivity contribution < 1.29 is 9.53 Å². The van der Waals surface area contributed by atoms with Gasteiger partial charge < -0.3 is 9.64 Å². The highest BCUT2D eigenvalue weighted by Crippen LogP contribution is 2.13. The monoisotopic (exact) mass is 196 g/mol. The van der Waals surface area contributed by atoms with Crippen LogP contribution in [0, 0.1) is 0 Å². The van der Waals surface area contributed by atoms with Crippen LogP contribution in [-0.2, 0) is 4.74 Å². The van der Waals surface area contributed by atoms with E-state index in [4.69, 9.17) is 4.74 Å². The van der Waals surface area contributed by atoms with Gasteiger partial charge in [0.1, 0.15) is 0 Å². The van der Waals surface area contributed by atoms with Crippen LogP contribution in [0.5, 0.6) is 0 Å². The molecule has 1 N–H and O–H groups in total. The van der Waals surface area contributed by atoms with E-state index in [1.807, 2.05) is 0 Å². The summed E-state index contributed by atoms with van der Waals surface area (Å²) in [5, 5.41) is 9.76. The molecular weight excluding hydrogens is 184 g/mol. The summed E-state index contributed by atoms with van der Waals surface area (Å²) in [5.41, 5.74) is 0.363. The third-order valence-corrected chi connectivity index (χ3v) is 2.40. The van der Waals surface area contributed by atoms with Gasteiger partial charge in [-0.05, 0) is 6.42 Å². The zero-order valence-electron chi connectivity index (χ0n) is 7.93. The molecule has 1 aliphatic rings. The van der Waals surface area contributed by atoms with Gasteiger partial charge in [-0.2, -0.15) is 15.4 Å². The first-order valence-electron chi connectivity index (χ1n) is 4.49. The number of carbonyl (C=O) groups is 1. The number of aromatic amines is 1. The van der Waals surface area contributed by atoms with Crippen molar-refractivity contribution in [3.63, 3.8) is 0 Å². The van der Waals surface area contributed by atoms with E-state index in [9.17, 15) is 4.79 Å². The zero-order valence-corrected chi connectivity index (χ0v) is 7.93.